The van der Waals surface area contributed by atoms with Crippen molar-refractivity contribution in [3.05, 3.63) is 59.7 Å². The molecule has 0 saturated carbocycles. The van der Waals surface area contributed by atoms with Crippen LogP contribution in [-0.4, -0.2) is 156 Å². The topological polar surface area (TPSA) is 294 Å². The van der Waals surface area contributed by atoms with Crippen molar-refractivity contribution in [1.82, 2.24) is 0 Å². The van der Waals surface area contributed by atoms with Crippen LogP contribution >= 0.6 is 0 Å². The van der Waals surface area contributed by atoms with Gasteiger partial charge in [-0.1, -0.05) is 24.3 Å². The van der Waals surface area contributed by atoms with E-state index in [1.54, 1.807) is 24.3 Å². The zero-order valence-electron chi connectivity index (χ0n) is 45.6. The van der Waals surface area contributed by atoms with Crippen LogP contribution in [0.2, 0.25) is 0 Å². The van der Waals surface area contributed by atoms with Gasteiger partial charge in [0, 0.05) is 38.9 Å². The highest BCUT2D eigenvalue weighted by Gasteiger charge is 2.49. The van der Waals surface area contributed by atoms with Crippen LogP contribution in [0.5, 0.6) is 23.0 Å². The van der Waals surface area contributed by atoms with Crippen molar-refractivity contribution in [1.29, 1.82) is 0 Å². The molecule has 6 unspecified atom stereocenters. The number of hydrogen-bond acceptors (Lipinski definition) is 22. The van der Waals surface area contributed by atoms with E-state index in [1.165, 1.54) is 78.4 Å². The fraction of sp³-hybridized carbons (Fsp3) is 0.600. The van der Waals surface area contributed by atoms with Crippen molar-refractivity contribution >= 4 is 47.6 Å². The van der Waals surface area contributed by atoms with Crippen LogP contribution < -0.4 is 18.9 Å². The van der Waals surface area contributed by atoms with Crippen molar-refractivity contribution in [2.75, 3.05) is 40.6 Å². The Balaban J connectivity index is 0.00000117. The Kier molecular flexibility index (Phi) is 24.3. The molecule has 4 aliphatic rings. The van der Waals surface area contributed by atoms with Gasteiger partial charge in [0.2, 0.25) is 0 Å². The highest BCUT2D eigenvalue weighted by Crippen LogP contribution is 2.37. The number of ether oxygens (including phenoxy) is 12. The van der Waals surface area contributed by atoms with Gasteiger partial charge < -0.3 is 77.3 Å². The lowest BCUT2D eigenvalue weighted by Crippen LogP contribution is -2.45. The second-order valence-corrected chi connectivity index (χ2v) is 20.3. The lowest BCUT2D eigenvalue weighted by Gasteiger charge is -2.31. The standard InChI is InChI=1S/C49H60O18.2C3H8O2/c1-48(2)64-36-21-23-58-40(46(36)66-48)28-60-42(52)9-7-11-44(54)62-34-19-15-30(25-38(34)56-5)13-17-32(50)27-33(51)18-14-31-16-20-35(39(26-31)57-6)63-45(55)12-8-10-43(53)61-29-41-47-37(22-24-59-41)65-49(3,4)67-47;2*1-3(2,4)5/h13-20,25-26,36-37,40-41,46-47H,7-12,21-24,27-29H2,1-6H3;2*4-5H,1-2H3/b17-13+,18-14+;;. The molecule has 2 aromatic rings. The summed E-state index contributed by atoms with van der Waals surface area (Å²) < 4.78 is 67.7. The molecule has 0 aromatic heterocycles. The average molecular weight is 1090 g/mol. The number of hydrogen-bond donors (Lipinski definition) is 4. The second-order valence-electron chi connectivity index (χ2n) is 20.3. The summed E-state index contributed by atoms with van der Waals surface area (Å²) in [5.41, 5.74) is 1.10. The summed E-state index contributed by atoms with van der Waals surface area (Å²) in [6.07, 6.45) is 5.09. The Morgan fingerprint density at radius 2 is 0.909 bits per heavy atom. The molecular formula is C55H76O22. The largest absolute Gasteiger partial charge is 0.493 e. The minimum Gasteiger partial charge on any atom is -0.493 e. The summed E-state index contributed by atoms with van der Waals surface area (Å²) in [6.45, 7) is 13.5. The maximum Gasteiger partial charge on any atom is 0.311 e. The molecule has 0 bridgehead atoms. The van der Waals surface area contributed by atoms with E-state index in [9.17, 15) is 28.8 Å². The number of carbonyl (C=O) groups excluding carboxylic acids is 6. The first kappa shape index (κ1) is 63.9. The lowest BCUT2D eigenvalue weighted by atomic mass is 10.0. The van der Waals surface area contributed by atoms with Crippen molar-refractivity contribution in [3.63, 3.8) is 0 Å². The van der Waals surface area contributed by atoms with Gasteiger partial charge in [0.15, 0.2) is 57.7 Å². The summed E-state index contributed by atoms with van der Waals surface area (Å²) >= 11 is 0. The lowest BCUT2D eigenvalue weighted by molar-refractivity contribution is -0.168. The normalized spacial score (nSPS) is 22.3. The van der Waals surface area contributed by atoms with Crippen molar-refractivity contribution in [3.8, 4) is 23.0 Å². The molecule has 0 aliphatic carbocycles. The van der Waals surface area contributed by atoms with E-state index in [0.29, 0.717) is 37.2 Å². The van der Waals surface area contributed by atoms with Gasteiger partial charge in [0.05, 0.1) is 32.8 Å². The first-order chi connectivity index (χ1) is 36.0. The van der Waals surface area contributed by atoms with Gasteiger partial charge >= 0.3 is 23.9 Å². The van der Waals surface area contributed by atoms with Crippen LogP contribution in [0, 0.1) is 0 Å². The highest BCUT2D eigenvalue weighted by molar-refractivity contribution is 6.11. The van der Waals surface area contributed by atoms with Crippen molar-refractivity contribution in [2.45, 2.75) is 173 Å². The van der Waals surface area contributed by atoms with Gasteiger partial charge in [-0.15, -0.1) is 0 Å². The molecular weight excluding hydrogens is 1010 g/mol. The summed E-state index contributed by atoms with van der Waals surface area (Å²) in [5.74, 6) is -6.68. The van der Waals surface area contributed by atoms with E-state index in [1.807, 2.05) is 27.7 Å². The van der Waals surface area contributed by atoms with Gasteiger partial charge in [-0.3, -0.25) is 28.8 Å². The Bertz CT molecular complexity index is 2190. The third-order valence-corrected chi connectivity index (χ3v) is 11.1. The second kappa shape index (κ2) is 29.4. The Hall–Kier alpha value is -5.66. The SMILES string of the molecule is CC(C)(O)O.CC(C)(O)O.COc1cc(/C=C/C(=O)CC(=O)/C=C/c2ccc(OC(=O)CCCC(=O)OCC3OCCC4OC(C)(C)OC34)c(OC)c2)ccc1OC(=O)CCCC(=O)OCC1OCCC2OC(C)(C)OC12. The number of methoxy groups -OCH3 is 2. The highest BCUT2D eigenvalue weighted by atomic mass is 16.8. The number of ketones is 2. The number of rotatable bonds is 22. The minimum atomic E-state index is -1.50. The molecule has 22 heteroatoms. The van der Waals surface area contributed by atoms with Crippen LogP contribution in [0.25, 0.3) is 12.2 Å². The van der Waals surface area contributed by atoms with Gasteiger partial charge in [0.1, 0.15) is 37.6 Å². The van der Waals surface area contributed by atoms with Crippen LogP contribution in [0.3, 0.4) is 0 Å². The number of esters is 4. The molecule has 4 N–H and O–H groups in total. The van der Waals surface area contributed by atoms with Gasteiger partial charge in [0.25, 0.3) is 0 Å². The predicted molar refractivity (Wildman–Crippen MR) is 273 cm³/mol. The molecule has 77 heavy (non-hydrogen) atoms. The van der Waals surface area contributed by atoms with E-state index in [4.69, 9.17) is 77.3 Å². The quantitative estimate of drug-likeness (QED) is 0.0386. The first-order valence-electron chi connectivity index (χ1n) is 25.3. The van der Waals surface area contributed by atoms with Crippen LogP contribution in [0.1, 0.15) is 124 Å². The number of allylic oxidation sites excluding steroid dienone is 2. The summed E-state index contributed by atoms with van der Waals surface area (Å²) in [6, 6.07) is 9.40. The first-order valence-corrected chi connectivity index (χ1v) is 25.3. The zero-order valence-corrected chi connectivity index (χ0v) is 45.6. The molecule has 0 spiro atoms. The van der Waals surface area contributed by atoms with E-state index in [2.05, 4.69) is 0 Å². The molecule has 22 nitrogen and oxygen atoms in total. The number of carbonyl (C=O) groups is 6. The molecule has 4 saturated heterocycles. The molecule has 6 atom stereocenters. The number of fused-ring (bicyclic) bond motifs is 2. The Morgan fingerprint density at radius 3 is 1.26 bits per heavy atom. The Morgan fingerprint density at radius 1 is 0.558 bits per heavy atom. The van der Waals surface area contributed by atoms with Gasteiger partial charge in [-0.2, -0.15) is 0 Å². The molecule has 428 valence electrons. The maximum atomic E-state index is 12.7. The Labute approximate surface area is 448 Å². The molecule has 6 rings (SSSR count). The monoisotopic (exact) mass is 1090 g/mol. The average Bonchev–Trinajstić information content (AvgIpc) is 3.84. The number of benzene rings is 2. The molecule has 4 aliphatic heterocycles. The molecule has 4 fully saturated rings. The summed E-state index contributed by atoms with van der Waals surface area (Å²) in [5, 5.41) is 32.3. The van der Waals surface area contributed by atoms with Crippen molar-refractivity contribution in [2.24, 2.45) is 0 Å². The summed E-state index contributed by atoms with van der Waals surface area (Å²) in [7, 11) is 2.81. The van der Waals surface area contributed by atoms with Crippen LogP contribution in [-0.2, 0) is 66.7 Å². The fourth-order valence-corrected chi connectivity index (χ4v) is 7.96. The number of aliphatic hydroxyl groups is 4. The molecule has 4 heterocycles. The zero-order chi connectivity index (χ0) is 57.1. The van der Waals surface area contributed by atoms with Crippen LogP contribution in [0.4, 0.5) is 0 Å². The van der Waals surface area contributed by atoms with E-state index in [0.717, 1.165) is 0 Å². The van der Waals surface area contributed by atoms with Crippen molar-refractivity contribution < 1.29 is 106 Å². The molecule has 0 amide bonds. The van der Waals surface area contributed by atoms with Gasteiger partial charge in [-0.05, 0) is 129 Å². The van der Waals surface area contributed by atoms with E-state index in [-0.39, 0.29) is 99.2 Å². The minimum absolute atomic E-state index is 0.00333. The molecule has 0 radical (unpaired) electrons. The third kappa shape index (κ3) is 24.3. The fourth-order valence-electron chi connectivity index (χ4n) is 7.96. The molecule has 2 aromatic carbocycles. The third-order valence-electron chi connectivity index (χ3n) is 11.1. The van der Waals surface area contributed by atoms with E-state index < -0.39 is 77.2 Å². The summed E-state index contributed by atoms with van der Waals surface area (Å²) in [4.78, 5) is 75.3. The van der Waals surface area contributed by atoms with Gasteiger partial charge in [-0.25, -0.2) is 0 Å². The predicted octanol–water partition coefficient (Wildman–Crippen LogP) is 5.23. The van der Waals surface area contributed by atoms with E-state index >= 15 is 0 Å². The van der Waals surface area contributed by atoms with Crippen LogP contribution in [0.15, 0.2) is 48.6 Å². The maximum absolute atomic E-state index is 12.7. The smallest absolute Gasteiger partial charge is 0.311 e.